The van der Waals surface area contributed by atoms with Crippen LogP contribution in [0.2, 0.25) is 0 Å². The molecule has 0 bridgehead atoms. The molecule has 186 valence electrons. The smallest absolute Gasteiger partial charge is 0.257 e. The quantitative estimate of drug-likeness (QED) is 0.610. The molecule has 3 aliphatic rings. The summed E-state index contributed by atoms with van der Waals surface area (Å²) >= 11 is 0. The molecular weight excluding hydrogens is 464 g/mol. The van der Waals surface area contributed by atoms with Gasteiger partial charge in [0, 0.05) is 38.6 Å². The fraction of sp³-hybridized carbons (Fsp3) is 0.462. The van der Waals surface area contributed by atoms with Gasteiger partial charge < -0.3 is 4.74 Å². The Hall–Kier alpha value is -2.75. The Bertz CT molecular complexity index is 1180. The molecule has 0 aliphatic carbocycles. The van der Waals surface area contributed by atoms with Crippen molar-refractivity contribution in [2.75, 3.05) is 51.3 Å². The van der Waals surface area contributed by atoms with E-state index in [0.717, 1.165) is 55.2 Å². The van der Waals surface area contributed by atoms with Crippen molar-refractivity contribution in [3.05, 3.63) is 65.7 Å². The van der Waals surface area contributed by atoms with Crippen molar-refractivity contribution in [1.82, 2.24) is 14.8 Å². The number of methoxy groups -OCH3 is 1. The lowest BCUT2D eigenvalue weighted by molar-refractivity contribution is -0.134. The minimum Gasteiger partial charge on any atom is -0.497 e. The average Bonchev–Trinajstić information content (AvgIpc) is 3.49. The molecule has 2 fully saturated rings. The first-order chi connectivity index (χ1) is 16.9. The van der Waals surface area contributed by atoms with Gasteiger partial charge in [-0.25, -0.2) is 13.4 Å². The Morgan fingerprint density at radius 2 is 1.74 bits per heavy atom. The van der Waals surface area contributed by atoms with Gasteiger partial charge in [-0.05, 0) is 29.7 Å². The van der Waals surface area contributed by atoms with Gasteiger partial charge in [0.2, 0.25) is 0 Å². The van der Waals surface area contributed by atoms with E-state index in [9.17, 15) is 13.2 Å². The zero-order valence-corrected chi connectivity index (χ0v) is 20.9. The van der Waals surface area contributed by atoms with Crippen LogP contribution in [0.5, 0.6) is 5.75 Å². The molecule has 0 spiro atoms. The molecule has 5 rings (SSSR count). The fourth-order valence-corrected chi connectivity index (χ4v) is 7.01. The molecule has 8 nitrogen and oxygen atoms in total. The van der Waals surface area contributed by atoms with Crippen LogP contribution in [0.15, 0.2) is 59.7 Å². The summed E-state index contributed by atoms with van der Waals surface area (Å²) in [7, 11) is -1.25. The van der Waals surface area contributed by atoms with Crippen LogP contribution in [-0.4, -0.2) is 92.2 Å². The molecule has 0 saturated carbocycles. The van der Waals surface area contributed by atoms with E-state index in [-0.39, 0.29) is 23.7 Å². The van der Waals surface area contributed by atoms with Gasteiger partial charge in [0.1, 0.15) is 5.75 Å². The van der Waals surface area contributed by atoms with Crippen molar-refractivity contribution in [3.8, 4) is 5.75 Å². The first kappa shape index (κ1) is 24.0. The first-order valence-corrected chi connectivity index (χ1v) is 14.0. The van der Waals surface area contributed by atoms with Crippen LogP contribution < -0.4 is 4.74 Å². The highest BCUT2D eigenvalue weighted by atomic mass is 32.2. The topological polar surface area (TPSA) is 82.5 Å². The van der Waals surface area contributed by atoms with E-state index in [1.807, 2.05) is 54.6 Å². The van der Waals surface area contributed by atoms with Crippen LogP contribution in [-0.2, 0) is 14.6 Å². The minimum atomic E-state index is -2.89. The number of hydrogen-bond donors (Lipinski definition) is 0. The van der Waals surface area contributed by atoms with Gasteiger partial charge in [0.05, 0.1) is 36.9 Å². The predicted molar refractivity (Wildman–Crippen MR) is 135 cm³/mol. The molecule has 2 aromatic rings. The van der Waals surface area contributed by atoms with E-state index >= 15 is 0 Å². The van der Waals surface area contributed by atoms with E-state index in [4.69, 9.17) is 9.84 Å². The van der Waals surface area contributed by atoms with Gasteiger partial charge in [-0.2, -0.15) is 5.10 Å². The molecule has 35 heavy (non-hydrogen) atoms. The number of amides is 1. The molecule has 1 amide bonds. The van der Waals surface area contributed by atoms with E-state index in [0.29, 0.717) is 18.7 Å². The normalized spacial score (nSPS) is 24.9. The van der Waals surface area contributed by atoms with Crippen molar-refractivity contribution in [3.63, 3.8) is 0 Å². The SMILES string of the molecule is COc1ccc([C@@H]2CC(c3ccccc3)=NN2C(=O)CN2CCN([C@@H]3CCS(=O)(=O)C3)CC2)cc1. The van der Waals surface area contributed by atoms with Crippen LogP contribution in [0.1, 0.15) is 30.0 Å². The van der Waals surface area contributed by atoms with E-state index in [1.165, 1.54) is 0 Å². The number of rotatable bonds is 6. The van der Waals surface area contributed by atoms with Crippen molar-refractivity contribution in [2.45, 2.75) is 24.9 Å². The minimum absolute atomic E-state index is 0.0198. The van der Waals surface area contributed by atoms with Gasteiger partial charge in [0.15, 0.2) is 9.84 Å². The van der Waals surface area contributed by atoms with Crippen LogP contribution in [0, 0.1) is 0 Å². The lowest BCUT2D eigenvalue weighted by Crippen LogP contribution is -2.52. The summed E-state index contributed by atoms with van der Waals surface area (Å²) in [5.41, 5.74) is 2.97. The maximum Gasteiger partial charge on any atom is 0.257 e. The molecule has 2 saturated heterocycles. The maximum absolute atomic E-state index is 13.5. The number of ether oxygens (including phenoxy) is 1. The average molecular weight is 497 g/mol. The zero-order chi connectivity index (χ0) is 24.4. The van der Waals surface area contributed by atoms with Crippen molar-refractivity contribution < 1.29 is 17.9 Å². The molecule has 2 atom stereocenters. The molecule has 0 unspecified atom stereocenters. The van der Waals surface area contributed by atoms with E-state index in [1.54, 1.807) is 12.1 Å². The van der Waals surface area contributed by atoms with Crippen LogP contribution in [0.4, 0.5) is 0 Å². The number of piperazine rings is 1. The van der Waals surface area contributed by atoms with Crippen molar-refractivity contribution in [1.29, 1.82) is 0 Å². The third-order valence-electron chi connectivity index (χ3n) is 7.26. The molecule has 3 heterocycles. The second kappa shape index (κ2) is 10.1. The van der Waals surface area contributed by atoms with Crippen LogP contribution >= 0.6 is 0 Å². The molecule has 2 aromatic carbocycles. The van der Waals surface area contributed by atoms with Gasteiger partial charge >= 0.3 is 0 Å². The summed E-state index contributed by atoms with van der Waals surface area (Å²) in [5.74, 6) is 1.32. The molecule has 0 N–H and O–H groups in total. The molecular formula is C26H32N4O4S. The van der Waals surface area contributed by atoms with Gasteiger partial charge in [0.25, 0.3) is 5.91 Å². The van der Waals surface area contributed by atoms with Crippen molar-refractivity contribution in [2.24, 2.45) is 5.10 Å². The molecule has 9 heteroatoms. The van der Waals surface area contributed by atoms with Crippen LogP contribution in [0.3, 0.4) is 0 Å². The number of nitrogens with zero attached hydrogens (tertiary/aromatic N) is 4. The first-order valence-electron chi connectivity index (χ1n) is 12.2. The Kier molecular flexibility index (Phi) is 6.91. The summed E-state index contributed by atoms with van der Waals surface area (Å²) in [6.45, 7) is 3.37. The summed E-state index contributed by atoms with van der Waals surface area (Å²) in [4.78, 5) is 17.9. The third kappa shape index (κ3) is 5.42. The van der Waals surface area contributed by atoms with E-state index in [2.05, 4.69) is 9.80 Å². The lowest BCUT2D eigenvalue weighted by atomic mass is 9.98. The summed E-state index contributed by atoms with van der Waals surface area (Å²) in [6.07, 6.45) is 1.38. The molecule has 0 aromatic heterocycles. The Morgan fingerprint density at radius 3 is 2.37 bits per heavy atom. The highest BCUT2D eigenvalue weighted by molar-refractivity contribution is 7.91. The van der Waals surface area contributed by atoms with Gasteiger partial charge in [-0.1, -0.05) is 42.5 Å². The largest absolute Gasteiger partial charge is 0.497 e. The summed E-state index contributed by atoms with van der Waals surface area (Å²) < 4.78 is 29.0. The fourth-order valence-electron chi connectivity index (χ4n) is 5.24. The standard InChI is InChI=1S/C26H32N4O4S/c1-34-23-9-7-21(8-10-23)25-17-24(20-5-3-2-4-6-20)27-30(25)26(31)18-28-12-14-29(15-13-28)22-11-16-35(32,33)19-22/h2-10,22,25H,11-19H2,1H3/t22-,25+/m1/s1. The van der Waals surface area contributed by atoms with Crippen molar-refractivity contribution >= 4 is 21.5 Å². The number of benzene rings is 2. The highest BCUT2D eigenvalue weighted by Gasteiger charge is 2.36. The highest BCUT2D eigenvalue weighted by Crippen LogP contribution is 2.33. The Morgan fingerprint density at radius 1 is 1.03 bits per heavy atom. The Labute approximate surface area is 207 Å². The van der Waals surface area contributed by atoms with Gasteiger partial charge in [-0.15, -0.1) is 0 Å². The molecule has 0 radical (unpaired) electrons. The summed E-state index contributed by atoms with van der Waals surface area (Å²) in [6, 6.07) is 17.8. The zero-order valence-electron chi connectivity index (χ0n) is 20.0. The number of carbonyl (C=O) groups excluding carboxylic acids is 1. The number of hydrazone groups is 1. The Balaban J connectivity index is 1.27. The second-order valence-electron chi connectivity index (χ2n) is 9.51. The monoisotopic (exact) mass is 496 g/mol. The maximum atomic E-state index is 13.5. The predicted octanol–water partition coefficient (Wildman–Crippen LogP) is 2.18. The number of hydrogen-bond acceptors (Lipinski definition) is 7. The van der Waals surface area contributed by atoms with Gasteiger partial charge in [-0.3, -0.25) is 14.6 Å². The number of sulfone groups is 1. The summed E-state index contributed by atoms with van der Waals surface area (Å²) in [5, 5.41) is 6.44. The molecule has 3 aliphatic heterocycles. The number of carbonyl (C=O) groups is 1. The third-order valence-corrected chi connectivity index (χ3v) is 9.01. The second-order valence-corrected chi connectivity index (χ2v) is 11.7. The van der Waals surface area contributed by atoms with Crippen LogP contribution in [0.25, 0.3) is 0 Å². The lowest BCUT2D eigenvalue weighted by Gasteiger charge is -2.37. The van der Waals surface area contributed by atoms with E-state index < -0.39 is 9.84 Å².